The monoisotopic (exact) mass is 388 g/mol. The topological polar surface area (TPSA) is 52.6 Å². The SMILES string of the molecule is CCCCCC1CCC(c2ccc(C(=O)OC(C)C(C)OC(C)=O)cc2)CC1. The summed E-state index contributed by atoms with van der Waals surface area (Å²) in [5.74, 6) is 0.755. The molecular formula is C24H36O4. The van der Waals surface area contributed by atoms with Crippen molar-refractivity contribution >= 4 is 11.9 Å². The highest BCUT2D eigenvalue weighted by Crippen LogP contribution is 2.37. The number of rotatable bonds is 9. The Morgan fingerprint density at radius 3 is 2.14 bits per heavy atom. The lowest BCUT2D eigenvalue weighted by Gasteiger charge is -2.29. The van der Waals surface area contributed by atoms with Gasteiger partial charge in [-0.1, -0.05) is 44.7 Å². The standard InChI is InChI=1S/C24H36O4/c1-5-6-7-8-20-9-11-21(12-10-20)22-13-15-23(16-14-22)24(26)28-18(3)17(2)27-19(4)25/h13-18,20-21H,5-12H2,1-4H3. The molecule has 0 saturated heterocycles. The van der Waals surface area contributed by atoms with E-state index in [-0.39, 0.29) is 11.9 Å². The summed E-state index contributed by atoms with van der Waals surface area (Å²) < 4.78 is 10.5. The molecule has 2 rings (SSSR count). The van der Waals surface area contributed by atoms with E-state index in [0.717, 1.165) is 5.92 Å². The second-order valence-corrected chi connectivity index (χ2v) is 8.26. The molecule has 4 nitrogen and oxygen atoms in total. The molecule has 1 aromatic rings. The summed E-state index contributed by atoms with van der Waals surface area (Å²) >= 11 is 0. The van der Waals surface area contributed by atoms with E-state index in [4.69, 9.17) is 9.47 Å². The van der Waals surface area contributed by atoms with Crippen molar-refractivity contribution in [3.05, 3.63) is 35.4 Å². The Bertz CT molecular complexity index is 614. The van der Waals surface area contributed by atoms with Crippen LogP contribution < -0.4 is 0 Å². The highest BCUT2D eigenvalue weighted by atomic mass is 16.6. The molecule has 1 fully saturated rings. The summed E-state index contributed by atoms with van der Waals surface area (Å²) in [6.07, 6.45) is 9.60. The van der Waals surface area contributed by atoms with Crippen LogP contribution in [0.5, 0.6) is 0 Å². The summed E-state index contributed by atoms with van der Waals surface area (Å²) in [7, 11) is 0. The van der Waals surface area contributed by atoms with E-state index in [9.17, 15) is 9.59 Å². The molecule has 1 saturated carbocycles. The molecule has 0 aliphatic heterocycles. The van der Waals surface area contributed by atoms with Crippen molar-refractivity contribution < 1.29 is 19.1 Å². The van der Waals surface area contributed by atoms with Crippen LogP contribution in [0.3, 0.4) is 0 Å². The van der Waals surface area contributed by atoms with Gasteiger partial charge in [-0.25, -0.2) is 4.79 Å². The van der Waals surface area contributed by atoms with Gasteiger partial charge in [-0.15, -0.1) is 0 Å². The van der Waals surface area contributed by atoms with Crippen LogP contribution in [0.4, 0.5) is 0 Å². The first kappa shape index (κ1) is 22.4. The predicted octanol–water partition coefficient (Wildman–Crippen LogP) is 6.04. The largest absolute Gasteiger partial charge is 0.459 e. The quantitative estimate of drug-likeness (QED) is 0.382. The number of carbonyl (C=O) groups is 2. The van der Waals surface area contributed by atoms with Crippen LogP contribution in [-0.4, -0.2) is 24.1 Å². The minimum absolute atomic E-state index is 0.375. The van der Waals surface area contributed by atoms with Gasteiger partial charge in [0.25, 0.3) is 0 Å². The third-order valence-electron chi connectivity index (χ3n) is 5.99. The van der Waals surface area contributed by atoms with Crippen LogP contribution in [0, 0.1) is 5.92 Å². The molecule has 0 bridgehead atoms. The average molecular weight is 389 g/mol. The fraction of sp³-hybridized carbons (Fsp3) is 0.667. The fourth-order valence-corrected chi connectivity index (χ4v) is 4.05. The molecule has 0 spiro atoms. The Kier molecular flexibility index (Phi) is 9.01. The van der Waals surface area contributed by atoms with Crippen molar-refractivity contribution in [3.63, 3.8) is 0 Å². The van der Waals surface area contributed by atoms with E-state index >= 15 is 0 Å². The zero-order chi connectivity index (χ0) is 20.5. The van der Waals surface area contributed by atoms with Crippen molar-refractivity contribution in [2.24, 2.45) is 5.92 Å². The van der Waals surface area contributed by atoms with Crippen LogP contribution in [-0.2, 0) is 14.3 Å². The third-order valence-corrected chi connectivity index (χ3v) is 5.99. The minimum atomic E-state index is -0.487. The Balaban J connectivity index is 1.83. The Morgan fingerprint density at radius 1 is 0.964 bits per heavy atom. The zero-order valence-corrected chi connectivity index (χ0v) is 17.9. The molecule has 2 unspecified atom stereocenters. The number of esters is 2. The van der Waals surface area contributed by atoms with Gasteiger partial charge in [0.2, 0.25) is 0 Å². The molecule has 1 aliphatic rings. The van der Waals surface area contributed by atoms with Gasteiger partial charge in [0.05, 0.1) is 5.56 Å². The van der Waals surface area contributed by atoms with E-state index in [2.05, 4.69) is 19.1 Å². The Hall–Kier alpha value is -1.84. The molecule has 0 heterocycles. The van der Waals surface area contributed by atoms with Crippen LogP contribution in [0.2, 0.25) is 0 Å². The number of hydrogen-bond donors (Lipinski definition) is 0. The lowest BCUT2D eigenvalue weighted by molar-refractivity contribution is -0.150. The summed E-state index contributed by atoms with van der Waals surface area (Å²) in [5.41, 5.74) is 1.86. The van der Waals surface area contributed by atoms with Gasteiger partial charge in [-0.2, -0.15) is 0 Å². The van der Waals surface area contributed by atoms with Gasteiger partial charge in [0.15, 0.2) is 0 Å². The molecule has 0 radical (unpaired) electrons. The predicted molar refractivity (Wildman–Crippen MR) is 111 cm³/mol. The van der Waals surface area contributed by atoms with Crippen molar-refractivity contribution in [3.8, 4) is 0 Å². The second-order valence-electron chi connectivity index (χ2n) is 8.26. The lowest BCUT2D eigenvalue weighted by atomic mass is 9.77. The second kappa shape index (κ2) is 11.2. The first-order valence-corrected chi connectivity index (χ1v) is 10.9. The highest BCUT2D eigenvalue weighted by Gasteiger charge is 2.23. The van der Waals surface area contributed by atoms with E-state index in [1.165, 1.54) is 63.9 Å². The van der Waals surface area contributed by atoms with E-state index < -0.39 is 12.2 Å². The van der Waals surface area contributed by atoms with Gasteiger partial charge in [0.1, 0.15) is 12.2 Å². The molecule has 2 atom stereocenters. The maximum atomic E-state index is 12.3. The molecule has 156 valence electrons. The van der Waals surface area contributed by atoms with Gasteiger partial charge >= 0.3 is 11.9 Å². The smallest absolute Gasteiger partial charge is 0.338 e. The lowest BCUT2D eigenvalue weighted by Crippen LogP contribution is -2.30. The van der Waals surface area contributed by atoms with Crippen LogP contribution in [0.25, 0.3) is 0 Å². The maximum absolute atomic E-state index is 12.3. The molecular weight excluding hydrogens is 352 g/mol. The summed E-state index contributed by atoms with van der Waals surface area (Å²) in [5, 5.41) is 0. The normalized spacial score (nSPS) is 21.6. The van der Waals surface area contributed by atoms with Gasteiger partial charge < -0.3 is 9.47 Å². The Morgan fingerprint density at radius 2 is 1.57 bits per heavy atom. The molecule has 4 heteroatoms. The van der Waals surface area contributed by atoms with Crippen LogP contribution in [0.1, 0.15) is 101 Å². The third kappa shape index (κ3) is 6.96. The Labute approximate surface area is 170 Å². The number of unbranched alkanes of at least 4 members (excludes halogenated alkanes) is 2. The zero-order valence-electron chi connectivity index (χ0n) is 17.9. The van der Waals surface area contributed by atoms with Crippen molar-refractivity contribution in [2.75, 3.05) is 0 Å². The molecule has 1 aromatic carbocycles. The van der Waals surface area contributed by atoms with Crippen molar-refractivity contribution in [1.82, 2.24) is 0 Å². The molecule has 0 N–H and O–H groups in total. The minimum Gasteiger partial charge on any atom is -0.459 e. The molecule has 28 heavy (non-hydrogen) atoms. The van der Waals surface area contributed by atoms with E-state index in [1.807, 2.05) is 12.1 Å². The molecule has 0 amide bonds. The number of benzene rings is 1. The highest BCUT2D eigenvalue weighted by molar-refractivity contribution is 5.89. The number of hydrogen-bond acceptors (Lipinski definition) is 4. The first-order chi connectivity index (χ1) is 13.4. The van der Waals surface area contributed by atoms with Crippen LogP contribution >= 0.6 is 0 Å². The van der Waals surface area contributed by atoms with Crippen molar-refractivity contribution in [2.45, 2.75) is 97.2 Å². The number of ether oxygens (including phenoxy) is 2. The van der Waals surface area contributed by atoms with E-state index in [0.29, 0.717) is 11.5 Å². The molecule has 0 aromatic heterocycles. The summed E-state index contributed by atoms with van der Waals surface area (Å²) in [6, 6.07) is 7.85. The van der Waals surface area contributed by atoms with E-state index in [1.54, 1.807) is 13.8 Å². The van der Waals surface area contributed by atoms with Crippen LogP contribution in [0.15, 0.2) is 24.3 Å². The van der Waals surface area contributed by atoms with Crippen molar-refractivity contribution in [1.29, 1.82) is 0 Å². The summed E-state index contributed by atoms with van der Waals surface area (Å²) in [4.78, 5) is 23.4. The maximum Gasteiger partial charge on any atom is 0.338 e. The van der Waals surface area contributed by atoms with Gasteiger partial charge in [-0.3, -0.25) is 4.79 Å². The number of carbonyl (C=O) groups excluding carboxylic acids is 2. The average Bonchev–Trinajstić information content (AvgIpc) is 2.68. The summed E-state index contributed by atoms with van der Waals surface area (Å²) in [6.45, 7) is 7.07. The fourth-order valence-electron chi connectivity index (χ4n) is 4.05. The molecule has 1 aliphatic carbocycles. The van der Waals surface area contributed by atoms with Gasteiger partial charge in [-0.05, 0) is 69.1 Å². The van der Waals surface area contributed by atoms with Gasteiger partial charge in [0, 0.05) is 6.92 Å². The first-order valence-electron chi connectivity index (χ1n) is 10.9.